The number of anilines is 1. The fourth-order valence-electron chi connectivity index (χ4n) is 3.39. The molecular formula is C20H21N5O4S3. The predicted octanol–water partition coefficient (Wildman–Crippen LogP) is 2.74. The summed E-state index contributed by atoms with van der Waals surface area (Å²) in [6, 6.07) is 8.65. The van der Waals surface area contributed by atoms with E-state index in [9.17, 15) is 13.2 Å². The predicted molar refractivity (Wildman–Crippen MR) is 123 cm³/mol. The lowest BCUT2D eigenvalue weighted by molar-refractivity contribution is -0.113. The van der Waals surface area contributed by atoms with E-state index in [2.05, 4.69) is 10.3 Å². The monoisotopic (exact) mass is 491 g/mol. The summed E-state index contributed by atoms with van der Waals surface area (Å²) < 4.78 is 34.6. The second-order valence-corrected chi connectivity index (χ2v) is 10.7. The number of fused-ring (bicyclic) bond motifs is 1. The van der Waals surface area contributed by atoms with Gasteiger partial charge >= 0.3 is 0 Å². The van der Waals surface area contributed by atoms with Crippen LogP contribution in [0.25, 0.3) is 11.0 Å². The lowest BCUT2D eigenvalue weighted by atomic mass is 10.3. The Kier molecular flexibility index (Phi) is 6.82. The standard InChI is InChI=1S/C20H21N5O4S3/c1-2-25-17-4-3-15(32(27,28)24-6-8-29-9-7-24)11-16(17)22-20(25)31-13-18(26)23-19-14(12-21)5-10-30-19/h3-5,10-11H,2,6-9,13H2,1H3,(H,23,26). The molecule has 1 aliphatic heterocycles. The Balaban J connectivity index is 1.53. The average Bonchev–Trinajstić information content (AvgIpc) is 3.40. The Morgan fingerprint density at radius 3 is 2.84 bits per heavy atom. The van der Waals surface area contributed by atoms with Gasteiger partial charge in [0.15, 0.2) is 5.16 Å². The highest BCUT2D eigenvalue weighted by atomic mass is 32.2. The lowest BCUT2D eigenvalue weighted by Crippen LogP contribution is -2.40. The molecule has 3 aromatic rings. The number of nitrogens with one attached hydrogen (secondary N) is 1. The van der Waals surface area contributed by atoms with Crippen LogP contribution in [-0.4, -0.2) is 60.2 Å². The van der Waals surface area contributed by atoms with Gasteiger partial charge in [0.2, 0.25) is 15.9 Å². The van der Waals surface area contributed by atoms with Crippen LogP contribution in [0.4, 0.5) is 5.00 Å². The molecule has 0 unspecified atom stereocenters. The smallest absolute Gasteiger partial charge is 0.243 e. The van der Waals surface area contributed by atoms with Crippen LogP contribution in [0.1, 0.15) is 12.5 Å². The Morgan fingerprint density at radius 2 is 2.12 bits per heavy atom. The van der Waals surface area contributed by atoms with Gasteiger partial charge < -0.3 is 14.6 Å². The Hall–Kier alpha value is -2.43. The molecule has 3 heterocycles. The van der Waals surface area contributed by atoms with Gasteiger partial charge in [0.1, 0.15) is 11.1 Å². The number of hydrogen-bond acceptors (Lipinski definition) is 8. The van der Waals surface area contributed by atoms with Crippen molar-refractivity contribution in [3.05, 3.63) is 35.2 Å². The van der Waals surface area contributed by atoms with Crippen molar-refractivity contribution in [3.8, 4) is 6.07 Å². The summed E-state index contributed by atoms with van der Waals surface area (Å²) in [5.41, 5.74) is 1.80. The maximum absolute atomic E-state index is 13.0. The molecule has 1 fully saturated rings. The second-order valence-electron chi connectivity index (χ2n) is 6.92. The molecule has 1 aromatic carbocycles. The minimum absolute atomic E-state index is 0.116. The number of sulfonamides is 1. The molecule has 32 heavy (non-hydrogen) atoms. The van der Waals surface area contributed by atoms with Gasteiger partial charge in [0.25, 0.3) is 0 Å². The van der Waals surface area contributed by atoms with E-state index in [4.69, 9.17) is 10.00 Å². The molecule has 9 nitrogen and oxygen atoms in total. The summed E-state index contributed by atoms with van der Waals surface area (Å²) in [4.78, 5) is 17.2. The van der Waals surface area contributed by atoms with E-state index in [-0.39, 0.29) is 16.6 Å². The van der Waals surface area contributed by atoms with E-state index in [1.165, 1.54) is 27.4 Å². The number of ether oxygens (including phenoxy) is 1. The molecule has 0 radical (unpaired) electrons. The summed E-state index contributed by atoms with van der Waals surface area (Å²) in [6.07, 6.45) is 0. The SMILES string of the molecule is CCn1c(SCC(=O)Nc2sccc2C#N)nc2cc(S(=O)(=O)N3CCOCC3)ccc21. The molecule has 4 rings (SSSR count). The van der Waals surface area contributed by atoms with Gasteiger partial charge in [-0.05, 0) is 36.6 Å². The van der Waals surface area contributed by atoms with Gasteiger partial charge in [-0.15, -0.1) is 11.3 Å². The molecule has 0 spiro atoms. The largest absolute Gasteiger partial charge is 0.379 e. The van der Waals surface area contributed by atoms with Crippen molar-refractivity contribution >= 4 is 55.1 Å². The number of aromatic nitrogens is 2. The molecule has 0 atom stereocenters. The van der Waals surface area contributed by atoms with Crippen LogP contribution in [0.5, 0.6) is 0 Å². The minimum atomic E-state index is -3.62. The summed E-state index contributed by atoms with van der Waals surface area (Å²) in [5, 5.41) is 14.7. The van der Waals surface area contributed by atoms with Gasteiger partial charge in [0.05, 0.1) is 40.5 Å². The van der Waals surface area contributed by atoms with Gasteiger partial charge in [-0.3, -0.25) is 4.79 Å². The van der Waals surface area contributed by atoms with Crippen LogP contribution in [0.3, 0.4) is 0 Å². The number of nitriles is 1. The molecule has 1 saturated heterocycles. The highest BCUT2D eigenvalue weighted by Gasteiger charge is 2.27. The highest BCUT2D eigenvalue weighted by molar-refractivity contribution is 7.99. The molecule has 1 aliphatic rings. The number of amides is 1. The number of carbonyl (C=O) groups excluding carboxylic acids is 1. The van der Waals surface area contributed by atoms with Gasteiger partial charge in [-0.1, -0.05) is 11.8 Å². The first-order valence-electron chi connectivity index (χ1n) is 9.92. The Labute approximate surface area is 194 Å². The Morgan fingerprint density at radius 1 is 1.34 bits per heavy atom. The van der Waals surface area contributed by atoms with Crippen LogP contribution >= 0.6 is 23.1 Å². The third-order valence-corrected chi connectivity index (χ3v) is 8.68. The van der Waals surface area contributed by atoms with Gasteiger partial charge in [0, 0.05) is 19.6 Å². The summed E-state index contributed by atoms with van der Waals surface area (Å²) in [5.74, 6) is -0.121. The Bertz CT molecular complexity index is 1290. The number of morpholine rings is 1. The molecule has 0 bridgehead atoms. The second kappa shape index (κ2) is 9.60. The number of hydrogen-bond donors (Lipinski definition) is 1. The number of benzene rings is 1. The van der Waals surface area contributed by atoms with Crippen LogP contribution < -0.4 is 5.32 Å². The first-order valence-corrected chi connectivity index (χ1v) is 13.2. The van der Waals surface area contributed by atoms with Gasteiger partial charge in [-0.2, -0.15) is 9.57 Å². The van der Waals surface area contributed by atoms with Crippen molar-refractivity contribution in [1.29, 1.82) is 5.26 Å². The molecule has 12 heteroatoms. The molecule has 1 N–H and O–H groups in total. The number of thiophene rings is 1. The number of imidazole rings is 1. The van der Waals surface area contributed by atoms with Crippen LogP contribution in [0, 0.1) is 11.3 Å². The lowest BCUT2D eigenvalue weighted by Gasteiger charge is -2.26. The van der Waals surface area contributed by atoms with Gasteiger partial charge in [-0.25, -0.2) is 13.4 Å². The third-order valence-electron chi connectivity index (χ3n) is 4.98. The van der Waals surface area contributed by atoms with E-state index in [1.807, 2.05) is 17.6 Å². The molecule has 0 saturated carbocycles. The van der Waals surface area contributed by atoms with Crippen LogP contribution in [0.15, 0.2) is 39.7 Å². The topological polar surface area (TPSA) is 117 Å². The average molecular weight is 492 g/mol. The maximum Gasteiger partial charge on any atom is 0.243 e. The zero-order valence-electron chi connectivity index (χ0n) is 17.3. The van der Waals surface area contributed by atoms with E-state index in [0.717, 1.165) is 5.52 Å². The first-order chi connectivity index (χ1) is 15.4. The molecule has 168 valence electrons. The summed E-state index contributed by atoms with van der Waals surface area (Å²) in [6.45, 7) is 4.02. The third kappa shape index (κ3) is 4.53. The molecular weight excluding hydrogens is 470 g/mol. The fourth-order valence-corrected chi connectivity index (χ4v) is 6.45. The van der Waals surface area contributed by atoms with Crippen LogP contribution in [-0.2, 0) is 26.1 Å². The van der Waals surface area contributed by atoms with E-state index >= 15 is 0 Å². The number of nitrogens with zero attached hydrogens (tertiary/aromatic N) is 4. The van der Waals surface area contributed by atoms with Crippen molar-refractivity contribution in [3.63, 3.8) is 0 Å². The van der Waals surface area contributed by atoms with E-state index in [0.29, 0.717) is 54.1 Å². The summed E-state index contributed by atoms with van der Waals surface area (Å²) in [7, 11) is -3.62. The van der Waals surface area contributed by atoms with Crippen molar-refractivity contribution in [1.82, 2.24) is 13.9 Å². The van der Waals surface area contributed by atoms with E-state index < -0.39 is 10.0 Å². The number of rotatable bonds is 7. The highest BCUT2D eigenvalue weighted by Crippen LogP contribution is 2.28. The normalized spacial score (nSPS) is 15.0. The van der Waals surface area contributed by atoms with E-state index in [1.54, 1.807) is 29.6 Å². The summed E-state index contributed by atoms with van der Waals surface area (Å²) >= 11 is 2.57. The number of aryl methyl sites for hydroxylation is 1. The number of thioether (sulfide) groups is 1. The molecule has 0 aliphatic carbocycles. The zero-order chi connectivity index (χ0) is 22.7. The molecule has 2 aromatic heterocycles. The van der Waals surface area contributed by atoms with Crippen LogP contribution in [0.2, 0.25) is 0 Å². The molecule has 1 amide bonds. The first kappa shape index (κ1) is 22.8. The van der Waals surface area contributed by atoms with Crippen molar-refractivity contribution in [2.45, 2.75) is 23.5 Å². The van der Waals surface area contributed by atoms with Crippen molar-refractivity contribution in [2.24, 2.45) is 0 Å². The zero-order valence-corrected chi connectivity index (χ0v) is 19.7. The maximum atomic E-state index is 13.0. The quantitative estimate of drug-likeness (QED) is 0.505. The minimum Gasteiger partial charge on any atom is -0.379 e. The fraction of sp³-hybridized carbons (Fsp3) is 0.350. The number of carbonyl (C=O) groups is 1. The van der Waals surface area contributed by atoms with Crippen molar-refractivity contribution in [2.75, 3.05) is 37.4 Å². The van der Waals surface area contributed by atoms with Crippen molar-refractivity contribution < 1.29 is 17.9 Å².